The third kappa shape index (κ3) is 7.77. The molecule has 0 spiro atoms. The number of hydrogen-bond acceptors (Lipinski definition) is 6. The van der Waals surface area contributed by atoms with Gasteiger partial charge in [0.15, 0.2) is 0 Å². The number of ether oxygens (including phenoxy) is 4. The maximum Gasteiger partial charge on any atom is 0.337 e. The minimum Gasteiger partial charge on any atom is -0.465 e. The molecule has 0 atom stereocenters. The molecule has 1 aromatic carbocycles. The van der Waals surface area contributed by atoms with Gasteiger partial charge in [0, 0.05) is 0 Å². The Morgan fingerprint density at radius 3 is 2.38 bits per heavy atom. The van der Waals surface area contributed by atoms with Crippen LogP contribution in [0.25, 0.3) is 0 Å². The maximum atomic E-state index is 11.4. The summed E-state index contributed by atoms with van der Waals surface area (Å²) in [4.78, 5) is 11.4. The molecular weight excluding hydrogens is 276 g/mol. The van der Waals surface area contributed by atoms with Crippen molar-refractivity contribution in [3.63, 3.8) is 0 Å². The molecule has 0 fully saturated rings. The molecule has 0 aliphatic heterocycles. The van der Waals surface area contributed by atoms with E-state index in [1.807, 2.05) is 6.07 Å². The molecular formula is C15H22O6. The number of methoxy groups -OCH3 is 1. The number of aliphatic hydroxyl groups is 1. The van der Waals surface area contributed by atoms with Crippen molar-refractivity contribution in [3.8, 4) is 0 Å². The number of aliphatic hydroxyl groups excluding tert-OH is 1. The van der Waals surface area contributed by atoms with Crippen molar-refractivity contribution in [2.75, 3.05) is 46.8 Å². The second-order valence-corrected chi connectivity index (χ2v) is 4.19. The predicted octanol–water partition coefficient (Wildman–Crippen LogP) is 1.02. The van der Waals surface area contributed by atoms with Gasteiger partial charge < -0.3 is 24.1 Å². The number of carbonyl (C=O) groups excluding carboxylic acids is 1. The molecule has 0 heterocycles. The zero-order chi connectivity index (χ0) is 15.3. The lowest BCUT2D eigenvalue weighted by molar-refractivity contribution is 0.00449. The van der Waals surface area contributed by atoms with Gasteiger partial charge in [-0.2, -0.15) is 0 Å². The van der Waals surface area contributed by atoms with Crippen molar-refractivity contribution in [2.45, 2.75) is 6.61 Å². The molecule has 0 radical (unpaired) electrons. The van der Waals surface area contributed by atoms with Crippen LogP contribution in [0.5, 0.6) is 0 Å². The highest BCUT2D eigenvalue weighted by atomic mass is 16.5. The summed E-state index contributed by atoms with van der Waals surface area (Å²) in [7, 11) is 1.35. The molecule has 6 heteroatoms. The van der Waals surface area contributed by atoms with Gasteiger partial charge in [-0.25, -0.2) is 4.79 Å². The SMILES string of the molecule is COC(=O)c1cccc(COCCOCCOCCO)c1. The summed E-state index contributed by atoms with van der Waals surface area (Å²) >= 11 is 0. The quantitative estimate of drug-likeness (QED) is 0.485. The van der Waals surface area contributed by atoms with Gasteiger partial charge in [0.25, 0.3) is 0 Å². The Balaban J connectivity index is 2.11. The van der Waals surface area contributed by atoms with Crippen molar-refractivity contribution < 1.29 is 28.8 Å². The molecule has 0 bridgehead atoms. The van der Waals surface area contributed by atoms with E-state index in [1.165, 1.54) is 7.11 Å². The van der Waals surface area contributed by atoms with Gasteiger partial charge >= 0.3 is 5.97 Å². The van der Waals surface area contributed by atoms with Crippen LogP contribution in [0.15, 0.2) is 24.3 Å². The van der Waals surface area contributed by atoms with Gasteiger partial charge in [-0.1, -0.05) is 12.1 Å². The summed E-state index contributed by atoms with van der Waals surface area (Å²) < 4.78 is 20.5. The largest absolute Gasteiger partial charge is 0.465 e. The molecule has 0 aliphatic rings. The standard InChI is InChI=1S/C15H22O6/c1-18-15(17)14-4-2-3-13(11-14)12-21-10-9-20-8-7-19-6-5-16/h2-4,11,16H,5-10,12H2,1H3. The van der Waals surface area contributed by atoms with Crippen molar-refractivity contribution >= 4 is 5.97 Å². The topological polar surface area (TPSA) is 74.2 Å². The highest BCUT2D eigenvalue weighted by molar-refractivity contribution is 5.89. The summed E-state index contributed by atoms with van der Waals surface area (Å²) in [6.07, 6.45) is 0. The van der Waals surface area contributed by atoms with Gasteiger partial charge in [0.1, 0.15) is 0 Å². The molecule has 1 N–H and O–H groups in total. The smallest absolute Gasteiger partial charge is 0.337 e. The number of carbonyl (C=O) groups is 1. The molecule has 0 saturated heterocycles. The molecule has 1 rings (SSSR count). The van der Waals surface area contributed by atoms with E-state index in [4.69, 9.17) is 19.3 Å². The first-order chi connectivity index (χ1) is 10.3. The average molecular weight is 298 g/mol. The van der Waals surface area contributed by atoms with Crippen molar-refractivity contribution in [1.29, 1.82) is 0 Å². The monoisotopic (exact) mass is 298 g/mol. The van der Waals surface area contributed by atoms with E-state index in [-0.39, 0.29) is 12.6 Å². The van der Waals surface area contributed by atoms with Crippen LogP contribution in [0.1, 0.15) is 15.9 Å². The summed E-state index contributed by atoms with van der Waals surface area (Å²) in [6, 6.07) is 7.12. The Morgan fingerprint density at radius 1 is 1.05 bits per heavy atom. The van der Waals surface area contributed by atoms with Crippen LogP contribution in [0.2, 0.25) is 0 Å². The first-order valence-electron chi connectivity index (χ1n) is 6.79. The van der Waals surface area contributed by atoms with Crippen LogP contribution >= 0.6 is 0 Å². The average Bonchev–Trinajstić information content (AvgIpc) is 2.53. The number of rotatable bonds is 11. The molecule has 0 unspecified atom stereocenters. The molecule has 21 heavy (non-hydrogen) atoms. The maximum absolute atomic E-state index is 11.4. The molecule has 6 nitrogen and oxygen atoms in total. The van der Waals surface area contributed by atoms with Gasteiger partial charge in [0.05, 0.1) is 58.9 Å². The Morgan fingerprint density at radius 2 is 1.71 bits per heavy atom. The van der Waals surface area contributed by atoms with Crippen molar-refractivity contribution in [3.05, 3.63) is 35.4 Å². The summed E-state index contributed by atoms with van der Waals surface area (Å²) in [5.41, 5.74) is 1.42. The Hall–Kier alpha value is -1.47. The fourth-order valence-electron chi connectivity index (χ4n) is 1.60. The van der Waals surface area contributed by atoms with E-state index < -0.39 is 0 Å². The van der Waals surface area contributed by atoms with Crippen LogP contribution in [0.3, 0.4) is 0 Å². The summed E-state index contributed by atoms with van der Waals surface area (Å²) in [5, 5.41) is 8.50. The zero-order valence-corrected chi connectivity index (χ0v) is 12.2. The van der Waals surface area contributed by atoms with Crippen molar-refractivity contribution in [2.24, 2.45) is 0 Å². The highest BCUT2D eigenvalue weighted by Crippen LogP contribution is 2.07. The highest BCUT2D eigenvalue weighted by Gasteiger charge is 2.05. The van der Waals surface area contributed by atoms with E-state index in [0.717, 1.165) is 5.56 Å². The van der Waals surface area contributed by atoms with E-state index in [0.29, 0.717) is 45.2 Å². The van der Waals surface area contributed by atoms with Crippen LogP contribution in [0.4, 0.5) is 0 Å². The predicted molar refractivity (Wildman–Crippen MR) is 76.2 cm³/mol. The number of esters is 1. The van der Waals surface area contributed by atoms with Gasteiger partial charge in [-0.15, -0.1) is 0 Å². The molecule has 1 aromatic rings. The van der Waals surface area contributed by atoms with Gasteiger partial charge in [-0.05, 0) is 17.7 Å². The minimum atomic E-state index is -0.358. The molecule has 118 valence electrons. The fourth-order valence-corrected chi connectivity index (χ4v) is 1.60. The third-order valence-electron chi connectivity index (χ3n) is 2.60. The molecule has 0 saturated carbocycles. The van der Waals surface area contributed by atoms with Gasteiger partial charge in [0.2, 0.25) is 0 Å². The number of benzene rings is 1. The lowest BCUT2D eigenvalue weighted by Gasteiger charge is -2.07. The van der Waals surface area contributed by atoms with Crippen LogP contribution in [0, 0.1) is 0 Å². The van der Waals surface area contributed by atoms with Crippen LogP contribution in [-0.4, -0.2) is 57.8 Å². The first kappa shape index (κ1) is 17.6. The van der Waals surface area contributed by atoms with Crippen LogP contribution in [-0.2, 0) is 25.6 Å². The molecule has 0 aliphatic carbocycles. The molecule has 0 aromatic heterocycles. The lowest BCUT2D eigenvalue weighted by Crippen LogP contribution is -2.10. The Kier molecular flexibility index (Phi) is 9.39. The van der Waals surface area contributed by atoms with E-state index in [9.17, 15) is 4.79 Å². The van der Waals surface area contributed by atoms with E-state index >= 15 is 0 Å². The third-order valence-corrected chi connectivity index (χ3v) is 2.60. The van der Waals surface area contributed by atoms with E-state index in [2.05, 4.69) is 4.74 Å². The zero-order valence-electron chi connectivity index (χ0n) is 12.2. The lowest BCUT2D eigenvalue weighted by atomic mass is 10.1. The normalized spacial score (nSPS) is 10.6. The number of hydrogen-bond donors (Lipinski definition) is 1. The molecule has 0 amide bonds. The Labute approximate surface area is 124 Å². The second-order valence-electron chi connectivity index (χ2n) is 4.19. The Bertz CT molecular complexity index is 407. The van der Waals surface area contributed by atoms with Crippen LogP contribution < -0.4 is 0 Å². The van der Waals surface area contributed by atoms with Gasteiger partial charge in [-0.3, -0.25) is 0 Å². The summed E-state index contributed by atoms with van der Waals surface area (Å²) in [5.74, 6) is -0.358. The van der Waals surface area contributed by atoms with Crippen molar-refractivity contribution in [1.82, 2.24) is 0 Å². The summed E-state index contributed by atoms with van der Waals surface area (Å²) in [6.45, 7) is 2.63. The van der Waals surface area contributed by atoms with E-state index in [1.54, 1.807) is 18.2 Å². The second kappa shape index (κ2) is 11.2. The first-order valence-corrected chi connectivity index (χ1v) is 6.79. The fraction of sp³-hybridized carbons (Fsp3) is 0.533. The minimum absolute atomic E-state index is 0.0216.